The van der Waals surface area contributed by atoms with Crippen molar-refractivity contribution in [2.75, 3.05) is 0 Å². The Hall–Kier alpha value is -4.34. The van der Waals surface area contributed by atoms with Crippen molar-refractivity contribution in [3.8, 4) is 0 Å². The molecule has 8 aromatic carbocycles. The van der Waals surface area contributed by atoms with E-state index in [2.05, 4.69) is 170 Å². The van der Waals surface area contributed by atoms with Crippen molar-refractivity contribution in [3.05, 3.63) is 170 Å². The first-order valence-corrected chi connectivity index (χ1v) is 17.8. The second-order valence-electron chi connectivity index (χ2n) is 10.6. The van der Waals surface area contributed by atoms with Crippen LogP contribution in [0.1, 0.15) is 0 Å². The predicted molar refractivity (Wildman–Crippen MR) is 188 cm³/mol. The summed E-state index contributed by atoms with van der Waals surface area (Å²) in [6, 6.07) is 63.4. The fourth-order valence-electron chi connectivity index (χ4n) is 6.26. The van der Waals surface area contributed by atoms with Gasteiger partial charge in [0.15, 0.2) is 0 Å². The van der Waals surface area contributed by atoms with Gasteiger partial charge >= 0.3 is 0 Å². The minimum absolute atomic E-state index is 0.848. The highest BCUT2D eigenvalue weighted by molar-refractivity contribution is 8.42. The topological polar surface area (TPSA) is 0 Å². The molecule has 42 heavy (non-hydrogen) atoms. The molecule has 0 aliphatic rings. The van der Waals surface area contributed by atoms with E-state index in [1.54, 1.807) is 0 Å². The summed E-state index contributed by atoms with van der Waals surface area (Å²) in [4.78, 5) is 0. The van der Waals surface area contributed by atoms with Gasteiger partial charge in [0.1, 0.15) is 0 Å². The first kappa shape index (κ1) is 25.4. The van der Waals surface area contributed by atoms with Crippen LogP contribution >= 0.6 is 15.2 Å². The number of hydrogen-bond donors (Lipinski definition) is 0. The molecule has 0 N–H and O–H groups in total. The summed E-state index contributed by atoms with van der Waals surface area (Å²) in [7, 11) is -1.70. The summed E-state index contributed by atoms with van der Waals surface area (Å²) in [5.74, 6) is 0. The summed E-state index contributed by atoms with van der Waals surface area (Å²) < 4.78 is 0. The van der Waals surface area contributed by atoms with Crippen molar-refractivity contribution >= 4 is 79.5 Å². The summed E-state index contributed by atoms with van der Waals surface area (Å²) in [6.07, 6.45) is 0. The Morgan fingerprint density at radius 1 is 0.214 bits per heavy atom. The fraction of sp³-hybridized carbons (Fsp3) is 0. The van der Waals surface area contributed by atoms with E-state index >= 15 is 0 Å². The van der Waals surface area contributed by atoms with Gasteiger partial charge in [0.25, 0.3) is 0 Å². The van der Waals surface area contributed by atoms with E-state index < -0.39 is 15.2 Å². The molecule has 0 aromatic heterocycles. The molecule has 2 heteroatoms. The predicted octanol–water partition coefficient (Wildman–Crippen LogP) is 9.78. The minimum atomic E-state index is -0.848. The Morgan fingerprint density at radius 2 is 0.429 bits per heavy atom. The maximum Gasteiger partial charge on any atom is -0.00678 e. The average molecular weight is 571 g/mol. The normalized spacial score (nSPS) is 11.8. The van der Waals surface area contributed by atoms with Crippen LogP contribution in [-0.4, -0.2) is 0 Å². The lowest BCUT2D eigenvalue weighted by atomic mass is 10.1. The molecule has 8 rings (SSSR count). The molecule has 0 atom stereocenters. The van der Waals surface area contributed by atoms with E-state index in [-0.39, 0.29) is 0 Å². The van der Waals surface area contributed by atoms with Gasteiger partial charge < -0.3 is 0 Å². The first-order chi connectivity index (χ1) is 20.9. The Balaban J connectivity index is 1.55. The second kappa shape index (κ2) is 10.8. The molecule has 198 valence electrons. The fourth-order valence-corrected chi connectivity index (χ4v) is 15.0. The molecular formula is C40H28P2. The van der Waals surface area contributed by atoms with Gasteiger partial charge in [-0.1, -0.05) is 170 Å². The monoisotopic (exact) mass is 570 g/mol. The lowest BCUT2D eigenvalue weighted by molar-refractivity contribution is 1.77. The maximum atomic E-state index is 2.40. The quantitative estimate of drug-likeness (QED) is 0.181. The number of benzene rings is 8. The molecule has 0 fully saturated rings. The molecule has 0 amide bonds. The lowest BCUT2D eigenvalue weighted by Crippen LogP contribution is -2.22. The largest absolute Gasteiger partial charge is 0.0616 e. The molecule has 0 unspecified atom stereocenters. The summed E-state index contributed by atoms with van der Waals surface area (Å²) in [6.45, 7) is 0. The molecule has 0 aliphatic heterocycles. The smallest absolute Gasteiger partial charge is 0.00678 e. The van der Waals surface area contributed by atoms with Crippen molar-refractivity contribution in [3.63, 3.8) is 0 Å². The highest BCUT2D eigenvalue weighted by Gasteiger charge is 2.32. The van der Waals surface area contributed by atoms with Crippen molar-refractivity contribution in [1.29, 1.82) is 0 Å². The molecule has 0 aliphatic carbocycles. The molecule has 0 saturated heterocycles. The Morgan fingerprint density at radius 3 is 0.690 bits per heavy atom. The van der Waals surface area contributed by atoms with Gasteiger partial charge in [-0.05, 0) is 79.5 Å². The van der Waals surface area contributed by atoms with Crippen LogP contribution in [0.5, 0.6) is 0 Å². The van der Waals surface area contributed by atoms with Crippen LogP contribution in [0.2, 0.25) is 0 Å². The van der Waals surface area contributed by atoms with E-state index in [4.69, 9.17) is 0 Å². The molecule has 0 nitrogen and oxygen atoms in total. The van der Waals surface area contributed by atoms with Gasteiger partial charge in [0.2, 0.25) is 0 Å². The van der Waals surface area contributed by atoms with E-state index in [0.717, 1.165) is 0 Å². The number of hydrogen-bond acceptors (Lipinski definition) is 0. The summed E-state index contributed by atoms with van der Waals surface area (Å²) in [5, 5.41) is 16.4. The molecule has 0 saturated carbocycles. The van der Waals surface area contributed by atoms with E-state index in [1.165, 1.54) is 64.3 Å². The second-order valence-corrected chi connectivity index (χ2v) is 16.2. The van der Waals surface area contributed by atoms with Crippen LogP contribution < -0.4 is 21.2 Å². The SMILES string of the molecule is c1ccc2c(P(c3cccc4ccccc34)P(c3cccc4ccccc34)c3cccc4ccccc34)cccc2c1. The third-order valence-corrected chi connectivity index (χ3v) is 15.8. The zero-order valence-corrected chi connectivity index (χ0v) is 24.8. The van der Waals surface area contributed by atoms with Crippen molar-refractivity contribution in [1.82, 2.24) is 0 Å². The van der Waals surface area contributed by atoms with E-state index in [0.29, 0.717) is 0 Å². The van der Waals surface area contributed by atoms with Gasteiger partial charge in [-0.15, -0.1) is 0 Å². The third-order valence-electron chi connectivity index (χ3n) is 8.18. The van der Waals surface area contributed by atoms with Gasteiger partial charge in [-0.2, -0.15) is 0 Å². The molecule has 8 aromatic rings. The Kier molecular flexibility index (Phi) is 6.53. The zero-order valence-electron chi connectivity index (χ0n) is 23.1. The lowest BCUT2D eigenvalue weighted by Gasteiger charge is -2.33. The van der Waals surface area contributed by atoms with E-state index in [1.807, 2.05) is 0 Å². The summed E-state index contributed by atoms with van der Waals surface area (Å²) >= 11 is 0. The van der Waals surface area contributed by atoms with Crippen LogP contribution in [0, 0.1) is 0 Å². The third kappa shape index (κ3) is 4.31. The van der Waals surface area contributed by atoms with Gasteiger partial charge in [0.05, 0.1) is 0 Å². The van der Waals surface area contributed by atoms with Gasteiger partial charge in [-0.3, -0.25) is 0 Å². The van der Waals surface area contributed by atoms with Gasteiger partial charge in [0, 0.05) is 0 Å². The molecule has 0 bridgehead atoms. The first-order valence-electron chi connectivity index (χ1n) is 14.4. The Labute approximate surface area is 248 Å². The standard InChI is InChI=1S/C40H28P2/c1-5-21-33-29(13-1)17-9-25-37(33)41(38-26-10-18-30-14-2-6-22-34(30)38)42(39-27-11-19-31-15-3-7-23-35(31)39)40-28-12-20-32-16-4-8-24-36(32)40/h1-28H. The van der Waals surface area contributed by atoms with Crippen LogP contribution in [0.25, 0.3) is 43.1 Å². The van der Waals surface area contributed by atoms with Crippen LogP contribution in [0.3, 0.4) is 0 Å². The van der Waals surface area contributed by atoms with Crippen molar-refractivity contribution in [2.24, 2.45) is 0 Å². The number of fused-ring (bicyclic) bond motifs is 4. The molecule has 0 spiro atoms. The van der Waals surface area contributed by atoms with Crippen LogP contribution in [0.15, 0.2) is 170 Å². The van der Waals surface area contributed by atoms with Crippen LogP contribution in [-0.2, 0) is 0 Å². The molecule has 0 heterocycles. The molecule has 0 radical (unpaired) electrons. The van der Waals surface area contributed by atoms with Crippen molar-refractivity contribution < 1.29 is 0 Å². The number of rotatable bonds is 5. The van der Waals surface area contributed by atoms with E-state index in [9.17, 15) is 0 Å². The van der Waals surface area contributed by atoms with Crippen molar-refractivity contribution in [2.45, 2.75) is 0 Å². The molecular weight excluding hydrogens is 542 g/mol. The summed E-state index contributed by atoms with van der Waals surface area (Å²) in [5.41, 5.74) is 0. The van der Waals surface area contributed by atoms with Gasteiger partial charge in [-0.25, -0.2) is 0 Å². The average Bonchev–Trinajstić information content (AvgIpc) is 3.06. The minimum Gasteiger partial charge on any atom is -0.0616 e. The highest BCUT2D eigenvalue weighted by Crippen LogP contribution is 2.68. The Bertz CT molecular complexity index is 1890. The maximum absolute atomic E-state index is 2.40. The zero-order chi connectivity index (χ0) is 27.9. The van der Waals surface area contributed by atoms with Crippen LogP contribution in [0.4, 0.5) is 0 Å². The highest BCUT2D eigenvalue weighted by atomic mass is 32.1.